The molecule has 0 N–H and O–H groups in total. The van der Waals surface area contributed by atoms with Crippen molar-refractivity contribution in [1.82, 2.24) is 0 Å². The largest absolute Gasteiger partial charge is 0.522 e. The second-order valence-corrected chi connectivity index (χ2v) is 8.35. The first-order valence-electron chi connectivity index (χ1n) is 10.1. The van der Waals surface area contributed by atoms with E-state index >= 15 is 0 Å². The lowest BCUT2D eigenvalue weighted by atomic mass is 9.69. The van der Waals surface area contributed by atoms with Crippen molar-refractivity contribution < 1.29 is 22.3 Å². The van der Waals surface area contributed by atoms with E-state index in [1.165, 1.54) is 25.7 Å². The zero-order valence-electron chi connectivity index (χ0n) is 15.3. The van der Waals surface area contributed by atoms with Gasteiger partial charge in [-0.05, 0) is 87.9 Å². The first-order valence-corrected chi connectivity index (χ1v) is 10.1. The Morgan fingerprint density at radius 2 is 1.73 bits per heavy atom. The number of hydrogen-bond acceptors (Lipinski definition) is 1. The summed E-state index contributed by atoms with van der Waals surface area (Å²) in [6.45, 7) is 3.90. The van der Waals surface area contributed by atoms with Gasteiger partial charge in [0, 0.05) is 0 Å². The summed E-state index contributed by atoms with van der Waals surface area (Å²) in [6.07, 6.45) is 5.89. The third kappa shape index (κ3) is 5.11. The first-order chi connectivity index (χ1) is 12.4. The van der Waals surface area contributed by atoms with Gasteiger partial charge >= 0.3 is 6.36 Å². The number of allylic oxidation sites excluding steroid dienone is 3. The Morgan fingerprint density at radius 1 is 1.00 bits per heavy atom. The molecule has 0 heterocycles. The molecule has 5 heteroatoms. The number of alkyl halides is 4. The summed E-state index contributed by atoms with van der Waals surface area (Å²) in [5.74, 6) is 1.96. The minimum atomic E-state index is -4.74. The molecular weight excluding hydrogens is 344 g/mol. The van der Waals surface area contributed by atoms with Gasteiger partial charge in [0.1, 0.15) is 6.17 Å². The molecule has 0 radical (unpaired) electrons. The van der Waals surface area contributed by atoms with Crippen LogP contribution in [-0.4, -0.2) is 18.6 Å². The highest BCUT2D eigenvalue weighted by atomic mass is 19.4. The van der Waals surface area contributed by atoms with Crippen molar-refractivity contribution in [2.75, 3.05) is 0 Å². The topological polar surface area (TPSA) is 9.23 Å². The fourth-order valence-corrected chi connectivity index (χ4v) is 5.25. The van der Waals surface area contributed by atoms with Crippen molar-refractivity contribution in [3.8, 4) is 0 Å². The minimum absolute atomic E-state index is 0.171. The minimum Gasteiger partial charge on any atom is -0.286 e. The normalized spacial score (nSPS) is 39.3. The zero-order valence-corrected chi connectivity index (χ0v) is 15.3. The SMILES string of the molecule is C=CC1CCC(C2=CCC(C3CCC(OC(F)(F)F)C(F)C3)CC2)CC1. The summed E-state index contributed by atoms with van der Waals surface area (Å²) in [5.41, 5.74) is 1.56. The maximum absolute atomic E-state index is 14.2. The van der Waals surface area contributed by atoms with Crippen LogP contribution in [0.4, 0.5) is 17.6 Å². The molecule has 148 valence electrons. The fourth-order valence-electron chi connectivity index (χ4n) is 5.25. The molecule has 0 aliphatic heterocycles. The van der Waals surface area contributed by atoms with Gasteiger partial charge in [0.05, 0.1) is 6.10 Å². The summed E-state index contributed by atoms with van der Waals surface area (Å²) in [6, 6.07) is 0. The van der Waals surface area contributed by atoms with Crippen LogP contribution >= 0.6 is 0 Å². The number of halogens is 4. The Balaban J connectivity index is 1.48. The molecule has 0 bridgehead atoms. The predicted octanol–water partition coefficient (Wildman–Crippen LogP) is 6.75. The molecule has 3 aliphatic rings. The monoisotopic (exact) mass is 374 g/mol. The quantitative estimate of drug-likeness (QED) is 0.391. The van der Waals surface area contributed by atoms with Gasteiger partial charge in [-0.25, -0.2) is 4.39 Å². The van der Waals surface area contributed by atoms with Gasteiger partial charge in [-0.2, -0.15) is 0 Å². The molecule has 3 aliphatic carbocycles. The Hall–Kier alpha value is -0.840. The van der Waals surface area contributed by atoms with Crippen LogP contribution in [0, 0.1) is 23.7 Å². The molecule has 26 heavy (non-hydrogen) atoms. The van der Waals surface area contributed by atoms with Crippen LogP contribution in [0.2, 0.25) is 0 Å². The van der Waals surface area contributed by atoms with Gasteiger partial charge in [0.25, 0.3) is 0 Å². The van der Waals surface area contributed by atoms with Gasteiger partial charge in [-0.1, -0.05) is 17.7 Å². The summed E-state index contributed by atoms with van der Waals surface area (Å²) >= 11 is 0. The lowest BCUT2D eigenvalue weighted by molar-refractivity contribution is -0.352. The van der Waals surface area contributed by atoms with Gasteiger partial charge in [-0.15, -0.1) is 19.8 Å². The molecule has 1 nitrogen and oxygen atoms in total. The predicted molar refractivity (Wildman–Crippen MR) is 94.2 cm³/mol. The van der Waals surface area contributed by atoms with E-state index in [1.54, 1.807) is 5.57 Å². The highest BCUT2D eigenvalue weighted by Crippen LogP contribution is 2.43. The Bertz CT molecular complexity index is 505. The summed E-state index contributed by atoms with van der Waals surface area (Å²) < 4.78 is 55.1. The number of rotatable bonds is 4. The van der Waals surface area contributed by atoms with E-state index in [2.05, 4.69) is 23.5 Å². The van der Waals surface area contributed by atoms with Gasteiger partial charge in [0.15, 0.2) is 0 Å². The van der Waals surface area contributed by atoms with E-state index in [4.69, 9.17) is 0 Å². The smallest absolute Gasteiger partial charge is 0.286 e. The zero-order chi connectivity index (χ0) is 18.7. The van der Waals surface area contributed by atoms with Crippen LogP contribution in [0.3, 0.4) is 0 Å². The van der Waals surface area contributed by atoms with Gasteiger partial charge in [0.2, 0.25) is 0 Å². The van der Waals surface area contributed by atoms with Crippen LogP contribution in [-0.2, 0) is 4.74 Å². The van der Waals surface area contributed by atoms with E-state index in [1.807, 2.05) is 0 Å². The molecule has 0 saturated heterocycles. The summed E-state index contributed by atoms with van der Waals surface area (Å²) in [7, 11) is 0. The maximum Gasteiger partial charge on any atom is 0.522 e. The molecule has 0 aromatic rings. The average molecular weight is 374 g/mol. The lowest BCUT2D eigenvalue weighted by Crippen LogP contribution is -2.39. The molecule has 4 unspecified atom stereocenters. The number of hydrogen-bond donors (Lipinski definition) is 0. The first kappa shape index (κ1) is 19.9. The van der Waals surface area contributed by atoms with E-state index in [9.17, 15) is 17.6 Å². The number of ether oxygens (including phenoxy) is 1. The van der Waals surface area contributed by atoms with Crippen molar-refractivity contribution in [2.24, 2.45) is 23.7 Å². The third-order valence-corrected chi connectivity index (χ3v) is 6.82. The van der Waals surface area contributed by atoms with E-state index in [0.29, 0.717) is 24.2 Å². The highest BCUT2D eigenvalue weighted by Gasteiger charge is 2.42. The molecule has 0 spiro atoms. The molecular formula is C21H30F4O. The van der Waals surface area contributed by atoms with Crippen LogP contribution in [0.25, 0.3) is 0 Å². The lowest BCUT2D eigenvalue weighted by Gasteiger charge is -2.38. The molecule has 0 amide bonds. The fraction of sp³-hybridized carbons (Fsp3) is 0.810. The van der Waals surface area contributed by atoms with Crippen molar-refractivity contribution >= 4 is 0 Å². The Morgan fingerprint density at radius 3 is 2.27 bits per heavy atom. The second kappa shape index (κ2) is 8.45. The van der Waals surface area contributed by atoms with Crippen LogP contribution in [0.1, 0.15) is 64.2 Å². The molecule has 3 rings (SSSR count). The summed E-state index contributed by atoms with van der Waals surface area (Å²) in [4.78, 5) is 0. The van der Waals surface area contributed by atoms with Crippen molar-refractivity contribution in [1.29, 1.82) is 0 Å². The van der Waals surface area contributed by atoms with Crippen molar-refractivity contribution in [3.05, 3.63) is 24.3 Å². The molecule has 0 aromatic carbocycles. The van der Waals surface area contributed by atoms with Crippen molar-refractivity contribution in [3.63, 3.8) is 0 Å². The second-order valence-electron chi connectivity index (χ2n) is 8.35. The maximum atomic E-state index is 14.2. The highest BCUT2D eigenvalue weighted by molar-refractivity contribution is 5.12. The molecule has 2 saturated carbocycles. The van der Waals surface area contributed by atoms with E-state index < -0.39 is 18.6 Å². The Kier molecular flexibility index (Phi) is 6.47. The standard InChI is InChI=1S/C21H30F4O/c1-2-14-3-5-15(6-4-14)16-7-9-17(10-8-16)18-11-12-20(19(22)13-18)26-21(23,24)25/h2,7,14-15,17-20H,1,3-6,8-13H2. The average Bonchev–Trinajstić information content (AvgIpc) is 2.63. The third-order valence-electron chi connectivity index (χ3n) is 6.82. The molecule has 4 atom stereocenters. The van der Waals surface area contributed by atoms with E-state index in [-0.39, 0.29) is 18.8 Å². The van der Waals surface area contributed by atoms with Crippen LogP contribution in [0.15, 0.2) is 24.3 Å². The van der Waals surface area contributed by atoms with Crippen molar-refractivity contribution in [2.45, 2.75) is 82.8 Å². The molecule has 2 fully saturated rings. The molecule has 0 aromatic heterocycles. The van der Waals surface area contributed by atoms with Gasteiger partial charge < -0.3 is 0 Å². The van der Waals surface area contributed by atoms with E-state index in [0.717, 1.165) is 19.3 Å². The summed E-state index contributed by atoms with van der Waals surface area (Å²) in [5, 5.41) is 0. The van der Waals surface area contributed by atoms with Gasteiger partial charge in [-0.3, -0.25) is 4.74 Å². The Labute approximate surface area is 153 Å². The van der Waals surface area contributed by atoms with Crippen LogP contribution < -0.4 is 0 Å². The van der Waals surface area contributed by atoms with Crippen LogP contribution in [0.5, 0.6) is 0 Å².